The van der Waals surface area contributed by atoms with E-state index < -0.39 is 0 Å². The summed E-state index contributed by atoms with van der Waals surface area (Å²) in [5, 5.41) is 4.15. The highest BCUT2D eigenvalue weighted by Gasteiger charge is 2.33. The van der Waals surface area contributed by atoms with Crippen molar-refractivity contribution in [3.63, 3.8) is 0 Å². The zero-order valence-corrected chi connectivity index (χ0v) is 14.7. The van der Waals surface area contributed by atoms with Crippen LogP contribution in [0.25, 0.3) is 0 Å². The van der Waals surface area contributed by atoms with Crippen molar-refractivity contribution in [1.29, 1.82) is 0 Å². The number of piperazine rings is 1. The average molecular weight is 331 g/mol. The number of hydrazine groups is 1. The van der Waals surface area contributed by atoms with E-state index in [0.29, 0.717) is 12.6 Å². The third kappa shape index (κ3) is 4.48. The van der Waals surface area contributed by atoms with Gasteiger partial charge in [0.1, 0.15) is 6.61 Å². The monoisotopic (exact) mass is 331 g/mol. The van der Waals surface area contributed by atoms with Crippen molar-refractivity contribution >= 4 is 6.09 Å². The van der Waals surface area contributed by atoms with Gasteiger partial charge in [0.05, 0.1) is 6.04 Å². The lowest BCUT2D eigenvalue weighted by Crippen LogP contribution is -2.58. The highest BCUT2D eigenvalue weighted by atomic mass is 16.6. The lowest BCUT2D eigenvalue weighted by Gasteiger charge is -2.44. The number of benzene rings is 1. The van der Waals surface area contributed by atoms with Crippen molar-refractivity contribution in [2.45, 2.75) is 44.8 Å². The molecule has 1 saturated heterocycles. The summed E-state index contributed by atoms with van der Waals surface area (Å²) in [5.41, 5.74) is 1.04. The van der Waals surface area contributed by atoms with Gasteiger partial charge in [-0.1, -0.05) is 49.6 Å². The first-order valence-corrected chi connectivity index (χ1v) is 9.17. The summed E-state index contributed by atoms with van der Waals surface area (Å²) in [4.78, 5) is 15.2. The zero-order valence-electron chi connectivity index (χ0n) is 14.7. The van der Waals surface area contributed by atoms with Crippen molar-refractivity contribution < 1.29 is 9.53 Å². The predicted molar refractivity (Wildman–Crippen MR) is 94.4 cm³/mol. The van der Waals surface area contributed by atoms with E-state index in [-0.39, 0.29) is 6.09 Å². The molecule has 1 aliphatic heterocycles. The standard InChI is InChI=1S/C19H29N3O2/c1-20-12-14-21(15-13-20)22(18-10-6-3-7-11-18)19(23)24-16-17-8-4-2-5-9-17/h2,4-5,8-9,18H,3,6-7,10-16H2,1H3. The molecule has 0 unspecified atom stereocenters. The molecule has 5 heteroatoms. The van der Waals surface area contributed by atoms with E-state index in [4.69, 9.17) is 4.74 Å². The molecule has 1 saturated carbocycles. The SMILES string of the molecule is CN1CCN(N(C(=O)OCc2ccccc2)C2CCCCC2)CC1. The van der Waals surface area contributed by atoms with Gasteiger partial charge in [0.2, 0.25) is 0 Å². The Morgan fingerprint density at radius 2 is 1.75 bits per heavy atom. The van der Waals surface area contributed by atoms with Crippen LogP contribution in [0.15, 0.2) is 30.3 Å². The molecule has 1 heterocycles. The van der Waals surface area contributed by atoms with E-state index >= 15 is 0 Å². The highest BCUT2D eigenvalue weighted by Crippen LogP contribution is 2.25. The van der Waals surface area contributed by atoms with E-state index in [2.05, 4.69) is 17.0 Å². The van der Waals surface area contributed by atoms with Gasteiger partial charge in [0.15, 0.2) is 0 Å². The molecule has 0 bridgehead atoms. The van der Waals surface area contributed by atoms with Crippen LogP contribution in [0.3, 0.4) is 0 Å². The fraction of sp³-hybridized carbons (Fsp3) is 0.632. The van der Waals surface area contributed by atoms with Crippen LogP contribution < -0.4 is 0 Å². The number of nitrogens with zero attached hydrogens (tertiary/aromatic N) is 3. The molecule has 1 aromatic carbocycles. The Labute approximate surface area is 145 Å². The van der Waals surface area contributed by atoms with Gasteiger partial charge in [0, 0.05) is 26.2 Å². The lowest BCUT2D eigenvalue weighted by atomic mass is 9.95. The Bertz CT molecular complexity index is 509. The Morgan fingerprint density at radius 3 is 2.42 bits per heavy atom. The van der Waals surface area contributed by atoms with Crippen molar-refractivity contribution in [2.75, 3.05) is 33.2 Å². The molecule has 0 N–H and O–H groups in total. The number of carbonyl (C=O) groups excluding carboxylic acids is 1. The van der Waals surface area contributed by atoms with Gasteiger partial charge in [-0.15, -0.1) is 0 Å². The molecule has 5 nitrogen and oxygen atoms in total. The molecule has 0 atom stereocenters. The first-order valence-electron chi connectivity index (χ1n) is 9.17. The van der Waals surface area contributed by atoms with E-state index in [1.54, 1.807) is 0 Å². The third-order valence-electron chi connectivity index (χ3n) is 5.10. The van der Waals surface area contributed by atoms with Crippen LogP contribution in [0.5, 0.6) is 0 Å². The number of rotatable bonds is 4. The lowest BCUT2D eigenvalue weighted by molar-refractivity contribution is -0.0793. The molecule has 1 aliphatic carbocycles. The van der Waals surface area contributed by atoms with Gasteiger partial charge in [-0.2, -0.15) is 0 Å². The maximum Gasteiger partial charge on any atom is 0.425 e. The van der Waals surface area contributed by atoms with Gasteiger partial charge >= 0.3 is 6.09 Å². The average Bonchev–Trinajstić information content (AvgIpc) is 2.64. The highest BCUT2D eigenvalue weighted by molar-refractivity contribution is 5.67. The summed E-state index contributed by atoms with van der Waals surface area (Å²) in [6.45, 7) is 4.13. The van der Waals surface area contributed by atoms with E-state index in [1.165, 1.54) is 19.3 Å². The summed E-state index contributed by atoms with van der Waals surface area (Å²) < 4.78 is 5.66. The number of hydrogen-bond donors (Lipinski definition) is 0. The molecule has 2 aliphatic rings. The van der Waals surface area contributed by atoms with Crippen molar-refractivity contribution in [2.24, 2.45) is 0 Å². The van der Waals surface area contributed by atoms with Crippen molar-refractivity contribution in [3.05, 3.63) is 35.9 Å². The summed E-state index contributed by atoms with van der Waals surface area (Å²) >= 11 is 0. The minimum absolute atomic E-state index is 0.185. The predicted octanol–water partition coefficient (Wildman–Crippen LogP) is 3.12. The Morgan fingerprint density at radius 1 is 1.08 bits per heavy atom. The largest absolute Gasteiger partial charge is 0.444 e. The summed E-state index contributed by atoms with van der Waals surface area (Å²) in [5.74, 6) is 0. The van der Waals surface area contributed by atoms with Crippen LogP contribution >= 0.6 is 0 Å². The molecule has 1 aromatic rings. The Balaban J connectivity index is 1.64. The van der Waals surface area contributed by atoms with Crippen LogP contribution in [-0.4, -0.2) is 60.3 Å². The maximum atomic E-state index is 12.8. The summed E-state index contributed by atoms with van der Waals surface area (Å²) in [6.07, 6.45) is 5.70. The fourth-order valence-electron chi connectivity index (χ4n) is 3.62. The molecule has 24 heavy (non-hydrogen) atoms. The number of amides is 1. The minimum Gasteiger partial charge on any atom is -0.444 e. The fourth-order valence-corrected chi connectivity index (χ4v) is 3.62. The maximum absolute atomic E-state index is 12.8. The second-order valence-corrected chi connectivity index (χ2v) is 6.93. The number of hydrogen-bond acceptors (Lipinski definition) is 4. The first-order chi connectivity index (χ1) is 11.7. The molecular weight excluding hydrogens is 302 g/mol. The quantitative estimate of drug-likeness (QED) is 0.849. The van der Waals surface area contributed by atoms with Crippen LogP contribution in [-0.2, 0) is 11.3 Å². The van der Waals surface area contributed by atoms with Crippen LogP contribution in [0, 0.1) is 0 Å². The van der Waals surface area contributed by atoms with Crippen LogP contribution in [0.1, 0.15) is 37.7 Å². The molecule has 0 radical (unpaired) electrons. The Hall–Kier alpha value is -1.59. The van der Waals surface area contributed by atoms with Gasteiger partial charge in [-0.05, 0) is 25.5 Å². The molecule has 0 spiro atoms. The normalized spacial score (nSPS) is 20.7. The van der Waals surface area contributed by atoms with E-state index in [0.717, 1.165) is 44.6 Å². The van der Waals surface area contributed by atoms with Gasteiger partial charge in [-0.25, -0.2) is 14.8 Å². The van der Waals surface area contributed by atoms with Gasteiger partial charge < -0.3 is 9.64 Å². The number of carbonyl (C=O) groups is 1. The second-order valence-electron chi connectivity index (χ2n) is 6.93. The molecule has 3 rings (SSSR count). The van der Waals surface area contributed by atoms with E-state index in [1.807, 2.05) is 35.3 Å². The summed E-state index contributed by atoms with van der Waals surface area (Å²) in [7, 11) is 2.13. The third-order valence-corrected chi connectivity index (χ3v) is 5.10. The number of likely N-dealkylation sites (N-methyl/N-ethyl adjacent to an activating group) is 1. The van der Waals surface area contributed by atoms with Crippen LogP contribution in [0.2, 0.25) is 0 Å². The molecule has 0 aromatic heterocycles. The topological polar surface area (TPSA) is 36.0 Å². The molecule has 1 amide bonds. The molecule has 2 fully saturated rings. The van der Waals surface area contributed by atoms with Crippen LogP contribution in [0.4, 0.5) is 4.79 Å². The smallest absolute Gasteiger partial charge is 0.425 e. The van der Waals surface area contributed by atoms with Gasteiger partial charge in [0.25, 0.3) is 0 Å². The Kier molecular flexibility index (Phi) is 6.10. The second kappa shape index (κ2) is 8.49. The first kappa shape index (κ1) is 17.2. The van der Waals surface area contributed by atoms with Crippen molar-refractivity contribution in [1.82, 2.24) is 14.9 Å². The van der Waals surface area contributed by atoms with Crippen molar-refractivity contribution in [3.8, 4) is 0 Å². The molecular formula is C19H29N3O2. The van der Waals surface area contributed by atoms with E-state index in [9.17, 15) is 4.79 Å². The van der Waals surface area contributed by atoms with Gasteiger partial charge in [-0.3, -0.25) is 0 Å². The zero-order chi connectivity index (χ0) is 16.8. The molecule has 132 valence electrons. The number of ether oxygens (including phenoxy) is 1. The summed E-state index contributed by atoms with van der Waals surface area (Å²) in [6, 6.07) is 10.2. The minimum atomic E-state index is -0.185.